The van der Waals surface area contributed by atoms with Crippen LogP contribution in [0.1, 0.15) is 28.2 Å². The zero-order valence-corrected chi connectivity index (χ0v) is 15.0. The van der Waals surface area contributed by atoms with Gasteiger partial charge in [-0.15, -0.1) is 0 Å². The van der Waals surface area contributed by atoms with Gasteiger partial charge in [-0.2, -0.15) is 0 Å². The van der Waals surface area contributed by atoms with E-state index in [0.717, 1.165) is 11.3 Å². The van der Waals surface area contributed by atoms with Crippen molar-refractivity contribution in [2.24, 2.45) is 5.73 Å². The number of primary amides is 1. The molecule has 0 bridgehead atoms. The van der Waals surface area contributed by atoms with E-state index in [4.69, 9.17) is 5.73 Å². The number of nitrogens with two attached hydrogens (primary N) is 1. The fourth-order valence-corrected chi connectivity index (χ4v) is 4.11. The second kappa shape index (κ2) is 6.19. The maximum atomic E-state index is 13.2. The van der Waals surface area contributed by atoms with E-state index in [9.17, 15) is 14.4 Å². The molecule has 1 fully saturated rings. The molecule has 1 saturated heterocycles. The largest absolute Gasteiger partial charge is 0.368 e. The van der Waals surface area contributed by atoms with Gasteiger partial charge in [0.25, 0.3) is 5.91 Å². The summed E-state index contributed by atoms with van der Waals surface area (Å²) in [6, 6.07) is 12.7. The Kier molecular flexibility index (Phi) is 3.95. The highest BCUT2D eigenvalue weighted by Crippen LogP contribution is 2.47. The average molecular weight is 364 g/mol. The number of pyridine rings is 1. The van der Waals surface area contributed by atoms with Crippen molar-refractivity contribution in [3.8, 4) is 0 Å². The molecule has 27 heavy (non-hydrogen) atoms. The maximum absolute atomic E-state index is 13.2. The van der Waals surface area contributed by atoms with Gasteiger partial charge in [-0.1, -0.05) is 24.3 Å². The predicted molar refractivity (Wildman–Crippen MR) is 99.2 cm³/mol. The summed E-state index contributed by atoms with van der Waals surface area (Å²) in [4.78, 5) is 45.0. The molecule has 2 aliphatic rings. The van der Waals surface area contributed by atoms with Gasteiger partial charge in [0.1, 0.15) is 12.2 Å². The molecule has 0 saturated carbocycles. The average Bonchev–Trinajstić information content (AvgIpc) is 3.19. The molecule has 0 unspecified atom stereocenters. The number of rotatable bonds is 3. The number of nitrogens with zero attached hydrogens (tertiary/aromatic N) is 3. The normalized spacial score (nSPS) is 21.0. The molecule has 2 aromatic rings. The fraction of sp³-hybridized carbons (Fsp3) is 0.300. The summed E-state index contributed by atoms with van der Waals surface area (Å²) in [5, 5.41) is 0. The molecule has 1 spiro atoms. The number of para-hydroxylation sites is 1. The fourth-order valence-electron chi connectivity index (χ4n) is 4.11. The molecule has 2 aliphatic heterocycles. The topological polar surface area (TPSA) is 96.6 Å². The Hall–Kier alpha value is -3.22. The van der Waals surface area contributed by atoms with Crippen LogP contribution in [-0.4, -0.2) is 47.2 Å². The highest BCUT2D eigenvalue weighted by atomic mass is 16.2. The van der Waals surface area contributed by atoms with Crippen molar-refractivity contribution in [2.75, 3.05) is 24.5 Å². The zero-order chi connectivity index (χ0) is 19.2. The Balaban J connectivity index is 1.67. The molecule has 7 nitrogen and oxygen atoms in total. The quantitative estimate of drug-likeness (QED) is 0.879. The Morgan fingerprint density at radius 1 is 1.19 bits per heavy atom. The molecule has 1 aromatic heterocycles. The lowest BCUT2D eigenvalue weighted by Crippen LogP contribution is -2.45. The number of benzene rings is 1. The van der Waals surface area contributed by atoms with Crippen molar-refractivity contribution in [3.63, 3.8) is 0 Å². The summed E-state index contributed by atoms with van der Waals surface area (Å²) in [7, 11) is 0. The van der Waals surface area contributed by atoms with Crippen LogP contribution in [-0.2, 0) is 15.0 Å². The lowest BCUT2D eigenvalue weighted by atomic mass is 9.81. The summed E-state index contributed by atoms with van der Waals surface area (Å²) < 4.78 is 0. The van der Waals surface area contributed by atoms with Gasteiger partial charge in [-0.25, -0.2) is 4.98 Å². The number of aryl methyl sites for hydroxylation is 1. The molecule has 0 aliphatic carbocycles. The van der Waals surface area contributed by atoms with Crippen molar-refractivity contribution in [1.29, 1.82) is 0 Å². The number of fused-ring (bicyclic) bond motifs is 2. The second-order valence-corrected chi connectivity index (χ2v) is 7.10. The smallest absolute Gasteiger partial charge is 0.272 e. The number of hydrogen-bond donors (Lipinski definition) is 1. The van der Waals surface area contributed by atoms with Crippen LogP contribution in [0, 0.1) is 6.92 Å². The van der Waals surface area contributed by atoms with Gasteiger partial charge in [0.05, 0.1) is 5.41 Å². The Morgan fingerprint density at radius 2 is 1.96 bits per heavy atom. The third kappa shape index (κ3) is 2.66. The number of aromatic nitrogens is 1. The van der Waals surface area contributed by atoms with Crippen LogP contribution >= 0.6 is 0 Å². The molecule has 1 aromatic carbocycles. The zero-order valence-electron chi connectivity index (χ0n) is 15.0. The van der Waals surface area contributed by atoms with E-state index in [1.165, 1.54) is 4.90 Å². The van der Waals surface area contributed by atoms with Gasteiger partial charge in [0.15, 0.2) is 0 Å². The van der Waals surface area contributed by atoms with E-state index in [1.807, 2.05) is 37.3 Å². The molecular formula is C20H20N4O3. The minimum atomic E-state index is -0.828. The summed E-state index contributed by atoms with van der Waals surface area (Å²) in [6.07, 6.45) is 0.510. The predicted octanol–water partition coefficient (Wildman–Crippen LogP) is 1.01. The third-order valence-corrected chi connectivity index (χ3v) is 5.34. The number of likely N-dealkylation sites (tertiary alicyclic amines) is 1. The Morgan fingerprint density at radius 3 is 2.70 bits per heavy atom. The molecule has 0 radical (unpaired) electrons. The standard InChI is InChI=1S/C20H20N4O3/c1-13-5-4-7-15(22-13)18(26)23-10-9-20(12-23)14-6-2-3-8-16(14)24(19(20)27)11-17(21)25/h2-8H,9-12H2,1H3,(H2,21,25)/t20-/m1/s1. The molecule has 2 N–H and O–H groups in total. The maximum Gasteiger partial charge on any atom is 0.272 e. The van der Waals surface area contributed by atoms with Crippen LogP contribution in [0.15, 0.2) is 42.5 Å². The molecule has 3 amide bonds. The SMILES string of the molecule is Cc1cccc(C(=O)N2CC[C@]3(C2)C(=O)N(CC(N)=O)c2ccccc23)n1. The summed E-state index contributed by atoms with van der Waals surface area (Å²) >= 11 is 0. The number of hydrogen-bond acceptors (Lipinski definition) is 4. The van der Waals surface area contributed by atoms with E-state index in [1.54, 1.807) is 17.0 Å². The summed E-state index contributed by atoms with van der Waals surface area (Å²) in [5.74, 6) is -0.922. The van der Waals surface area contributed by atoms with Crippen molar-refractivity contribution >= 4 is 23.4 Å². The number of carbonyl (C=O) groups excluding carboxylic acids is 3. The lowest BCUT2D eigenvalue weighted by molar-refractivity contribution is -0.125. The highest BCUT2D eigenvalue weighted by molar-refractivity contribution is 6.11. The molecule has 138 valence electrons. The van der Waals surface area contributed by atoms with Gasteiger partial charge in [-0.3, -0.25) is 14.4 Å². The van der Waals surface area contributed by atoms with Gasteiger partial charge >= 0.3 is 0 Å². The van der Waals surface area contributed by atoms with Gasteiger partial charge < -0.3 is 15.5 Å². The first-order valence-corrected chi connectivity index (χ1v) is 8.85. The van der Waals surface area contributed by atoms with Crippen molar-refractivity contribution < 1.29 is 14.4 Å². The van der Waals surface area contributed by atoms with Crippen LogP contribution in [0.3, 0.4) is 0 Å². The minimum absolute atomic E-state index is 0.162. The number of carbonyl (C=O) groups is 3. The first-order valence-electron chi connectivity index (χ1n) is 8.85. The van der Waals surface area contributed by atoms with Gasteiger partial charge in [0, 0.05) is 24.5 Å². The van der Waals surface area contributed by atoms with Crippen molar-refractivity contribution in [3.05, 3.63) is 59.4 Å². The molecular weight excluding hydrogens is 344 g/mol. The van der Waals surface area contributed by atoms with Crippen LogP contribution in [0.5, 0.6) is 0 Å². The monoisotopic (exact) mass is 364 g/mol. The lowest BCUT2D eigenvalue weighted by Gasteiger charge is -2.24. The van der Waals surface area contributed by atoms with Crippen LogP contribution in [0.4, 0.5) is 5.69 Å². The van der Waals surface area contributed by atoms with Gasteiger partial charge in [-0.05, 0) is 37.1 Å². The first-order chi connectivity index (χ1) is 12.9. The number of amides is 3. The van der Waals surface area contributed by atoms with Crippen molar-refractivity contribution in [2.45, 2.75) is 18.8 Å². The Bertz CT molecular complexity index is 958. The second-order valence-electron chi connectivity index (χ2n) is 7.10. The molecule has 1 atom stereocenters. The van der Waals surface area contributed by atoms with Gasteiger partial charge in [0.2, 0.25) is 11.8 Å². The highest BCUT2D eigenvalue weighted by Gasteiger charge is 2.55. The van der Waals surface area contributed by atoms with Crippen molar-refractivity contribution in [1.82, 2.24) is 9.88 Å². The number of anilines is 1. The summed E-state index contributed by atoms with van der Waals surface area (Å²) in [5.41, 5.74) is 7.20. The molecule has 4 rings (SSSR count). The van der Waals surface area contributed by atoms with E-state index in [2.05, 4.69) is 4.98 Å². The van der Waals surface area contributed by atoms with Crippen LogP contribution in [0.25, 0.3) is 0 Å². The van der Waals surface area contributed by atoms with E-state index >= 15 is 0 Å². The van der Waals surface area contributed by atoms with Crippen LogP contribution in [0.2, 0.25) is 0 Å². The van der Waals surface area contributed by atoms with E-state index in [-0.39, 0.29) is 24.9 Å². The summed E-state index contributed by atoms with van der Waals surface area (Å²) in [6.45, 7) is 2.40. The molecule has 3 heterocycles. The van der Waals surface area contributed by atoms with E-state index in [0.29, 0.717) is 24.3 Å². The van der Waals surface area contributed by atoms with E-state index < -0.39 is 11.3 Å². The molecule has 7 heteroatoms. The third-order valence-electron chi connectivity index (χ3n) is 5.34. The Labute approximate surface area is 156 Å². The minimum Gasteiger partial charge on any atom is -0.368 e. The first kappa shape index (κ1) is 17.2. The van der Waals surface area contributed by atoms with Crippen LogP contribution < -0.4 is 10.6 Å².